The van der Waals surface area contributed by atoms with Crippen LogP contribution in [0.1, 0.15) is 24.1 Å². The normalized spacial score (nSPS) is 19.0. The van der Waals surface area contributed by atoms with E-state index in [1.807, 2.05) is 47.3 Å². The number of aromatic nitrogens is 2. The fraction of sp³-hybridized carbons (Fsp3) is 0.375. The molecule has 0 bridgehead atoms. The third kappa shape index (κ3) is 3.18. The average molecular weight is 300 g/mol. The molecular weight excluding hydrogens is 280 g/mol. The highest BCUT2D eigenvalue weighted by molar-refractivity contribution is 5.94. The van der Waals surface area contributed by atoms with Crippen LogP contribution in [0.2, 0.25) is 0 Å². The topological polar surface area (TPSA) is 68.2 Å². The molecule has 0 aliphatic carbocycles. The highest BCUT2D eigenvalue weighted by Crippen LogP contribution is 2.20. The first kappa shape index (κ1) is 14.7. The number of hydrogen-bond acceptors (Lipinski definition) is 4. The zero-order valence-electron chi connectivity index (χ0n) is 12.5. The number of nitrogens with one attached hydrogen (secondary N) is 2. The Morgan fingerprint density at radius 1 is 1.41 bits per heavy atom. The highest BCUT2D eigenvalue weighted by atomic mass is 16.5. The Kier molecular flexibility index (Phi) is 4.50. The van der Waals surface area contributed by atoms with Gasteiger partial charge in [0.2, 0.25) is 0 Å². The maximum atomic E-state index is 12.4. The molecule has 1 amide bonds. The molecule has 1 aromatic carbocycles. The van der Waals surface area contributed by atoms with Gasteiger partial charge >= 0.3 is 0 Å². The number of hydrogen-bond donors (Lipinski definition) is 2. The number of carbonyl (C=O) groups excluding carboxylic acids is 1. The predicted octanol–water partition coefficient (Wildman–Crippen LogP) is 1.74. The summed E-state index contributed by atoms with van der Waals surface area (Å²) < 4.78 is 7.22. The number of nitrogens with zero attached hydrogens (tertiary/aromatic N) is 2. The maximum absolute atomic E-state index is 12.4. The summed E-state index contributed by atoms with van der Waals surface area (Å²) in [6, 6.07) is 11.6. The summed E-state index contributed by atoms with van der Waals surface area (Å²) in [5.41, 5.74) is 0.821. The molecule has 3 rings (SSSR count). The molecule has 2 heterocycles. The van der Waals surface area contributed by atoms with Crippen molar-refractivity contribution in [2.45, 2.75) is 18.6 Å². The van der Waals surface area contributed by atoms with Crippen molar-refractivity contribution in [2.75, 3.05) is 25.5 Å². The van der Waals surface area contributed by atoms with E-state index in [2.05, 4.69) is 15.7 Å². The minimum atomic E-state index is -0.639. The molecule has 6 nitrogen and oxygen atoms in total. The maximum Gasteiger partial charge on any atom is 0.259 e. The zero-order chi connectivity index (χ0) is 15.4. The van der Waals surface area contributed by atoms with Gasteiger partial charge in [-0.3, -0.25) is 9.48 Å². The van der Waals surface area contributed by atoms with E-state index in [1.54, 1.807) is 0 Å². The van der Waals surface area contributed by atoms with E-state index in [0.29, 0.717) is 11.9 Å². The first-order chi connectivity index (χ1) is 10.8. The van der Waals surface area contributed by atoms with E-state index in [4.69, 9.17) is 4.74 Å². The van der Waals surface area contributed by atoms with Crippen LogP contribution in [-0.2, 0) is 9.53 Å². The van der Waals surface area contributed by atoms with E-state index in [1.165, 1.54) is 7.11 Å². The minimum absolute atomic E-state index is 0.219. The Labute approximate surface area is 129 Å². The third-order valence-corrected chi connectivity index (χ3v) is 3.84. The number of carbonyl (C=O) groups is 1. The van der Waals surface area contributed by atoms with Gasteiger partial charge in [-0.25, -0.2) is 0 Å². The van der Waals surface area contributed by atoms with Crippen molar-refractivity contribution in [3.8, 4) is 0 Å². The Hall–Kier alpha value is -2.18. The van der Waals surface area contributed by atoms with Crippen molar-refractivity contribution in [1.82, 2.24) is 15.1 Å². The Morgan fingerprint density at radius 2 is 2.23 bits per heavy atom. The van der Waals surface area contributed by atoms with Crippen molar-refractivity contribution in [1.29, 1.82) is 0 Å². The van der Waals surface area contributed by atoms with Crippen molar-refractivity contribution >= 4 is 11.7 Å². The van der Waals surface area contributed by atoms with Crippen molar-refractivity contribution in [3.63, 3.8) is 0 Å². The lowest BCUT2D eigenvalue weighted by atomic mass is 10.1. The smallest absolute Gasteiger partial charge is 0.259 e. The molecule has 0 spiro atoms. The van der Waals surface area contributed by atoms with Crippen LogP contribution in [0.5, 0.6) is 0 Å². The molecule has 1 fully saturated rings. The van der Waals surface area contributed by atoms with Crippen molar-refractivity contribution in [2.24, 2.45) is 0 Å². The summed E-state index contributed by atoms with van der Waals surface area (Å²) in [6.07, 6.45) is 2.32. The Morgan fingerprint density at radius 3 is 2.91 bits per heavy atom. The Balaban J connectivity index is 1.68. The summed E-state index contributed by atoms with van der Waals surface area (Å²) in [5, 5.41) is 10.6. The average Bonchev–Trinajstić information content (AvgIpc) is 3.20. The fourth-order valence-corrected chi connectivity index (χ4v) is 2.69. The van der Waals surface area contributed by atoms with Crippen LogP contribution < -0.4 is 10.6 Å². The first-order valence-corrected chi connectivity index (χ1v) is 7.42. The molecular formula is C16H20N4O2. The van der Waals surface area contributed by atoms with Gasteiger partial charge in [-0.1, -0.05) is 30.3 Å². The lowest BCUT2D eigenvalue weighted by molar-refractivity contribution is -0.126. The number of methoxy groups -OCH3 is 1. The third-order valence-electron chi connectivity index (χ3n) is 3.84. The van der Waals surface area contributed by atoms with Gasteiger partial charge in [0, 0.05) is 25.9 Å². The molecule has 116 valence electrons. The minimum Gasteiger partial charge on any atom is -0.367 e. The molecule has 1 aliphatic rings. The van der Waals surface area contributed by atoms with Crippen LogP contribution in [0.15, 0.2) is 42.6 Å². The summed E-state index contributed by atoms with van der Waals surface area (Å²) in [5.74, 6) is 0.332. The number of benzene rings is 1. The van der Waals surface area contributed by atoms with Crippen LogP contribution in [0, 0.1) is 0 Å². The lowest BCUT2D eigenvalue weighted by Crippen LogP contribution is -2.23. The van der Waals surface area contributed by atoms with E-state index >= 15 is 0 Å². The molecule has 22 heavy (non-hydrogen) atoms. The predicted molar refractivity (Wildman–Crippen MR) is 83.6 cm³/mol. The lowest BCUT2D eigenvalue weighted by Gasteiger charge is -2.14. The summed E-state index contributed by atoms with van der Waals surface area (Å²) in [7, 11) is 1.53. The van der Waals surface area contributed by atoms with Crippen LogP contribution >= 0.6 is 0 Å². The number of ether oxygens (including phenoxy) is 1. The van der Waals surface area contributed by atoms with Gasteiger partial charge in [0.15, 0.2) is 11.9 Å². The van der Waals surface area contributed by atoms with Gasteiger partial charge in [-0.15, -0.1) is 0 Å². The van der Waals surface area contributed by atoms with Crippen molar-refractivity contribution < 1.29 is 9.53 Å². The van der Waals surface area contributed by atoms with Crippen LogP contribution in [0.25, 0.3) is 0 Å². The molecule has 0 radical (unpaired) electrons. The second kappa shape index (κ2) is 6.72. The molecule has 1 aliphatic heterocycles. The first-order valence-electron chi connectivity index (χ1n) is 7.42. The summed E-state index contributed by atoms with van der Waals surface area (Å²) >= 11 is 0. The van der Waals surface area contributed by atoms with Crippen LogP contribution in [-0.4, -0.2) is 35.9 Å². The second-order valence-electron chi connectivity index (χ2n) is 5.34. The monoisotopic (exact) mass is 300 g/mol. The van der Waals surface area contributed by atoms with Gasteiger partial charge in [0.25, 0.3) is 5.91 Å². The van der Waals surface area contributed by atoms with Gasteiger partial charge in [0.05, 0.1) is 6.04 Å². The molecule has 1 aromatic heterocycles. The number of rotatable bonds is 5. The van der Waals surface area contributed by atoms with Gasteiger partial charge in [-0.2, -0.15) is 5.10 Å². The van der Waals surface area contributed by atoms with E-state index in [9.17, 15) is 4.79 Å². The van der Waals surface area contributed by atoms with Crippen LogP contribution in [0.4, 0.5) is 5.82 Å². The van der Waals surface area contributed by atoms with Crippen molar-refractivity contribution in [3.05, 3.63) is 48.2 Å². The van der Waals surface area contributed by atoms with E-state index in [-0.39, 0.29) is 5.91 Å². The fourth-order valence-electron chi connectivity index (χ4n) is 2.69. The second-order valence-corrected chi connectivity index (χ2v) is 5.34. The largest absolute Gasteiger partial charge is 0.367 e. The van der Waals surface area contributed by atoms with Crippen LogP contribution in [0.3, 0.4) is 0 Å². The molecule has 2 N–H and O–H groups in total. The highest BCUT2D eigenvalue weighted by Gasteiger charge is 2.22. The SMILES string of the molecule is COC(C(=O)Nc1ccn(C2CCNC2)n1)c1ccccc1. The molecule has 2 unspecified atom stereocenters. The van der Waals surface area contributed by atoms with E-state index < -0.39 is 6.10 Å². The molecule has 2 atom stereocenters. The van der Waals surface area contributed by atoms with Gasteiger partial charge < -0.3 is 15.4 Å². The number of anilines is 1. The standard InChI is InChI=1S/C16H20N4O2/c1-22-15(12-5-3-2-4-6-12)16(21)18-14-8-10-20(19-14)13-7-9-17-11-13/h2-6,8,10,13,15,17H,7,9,11H2,1H3,(H,18,19,21). The molecule has 6 heteroatoms. The Bertz CT molecular complexity index is 620. The summed E-state index contributed by atoms with van der Waals surface area (Å²) in [4.78, 5) is 12.4. The van der Waals surface area contributed by atoms with E-state index in [0.717, 1.165) is 25.1 Å². The number of amides is 1. The summed E-state index contributed by atoms with van der Waals surface area (Å²) in [6.45, 7) is 1.92. The zero-order valence-corrected chi connectivity index (χ0v) is 12.5. The van der Waals surface area contributed by atoms with Gasteiger partial charge in [-0.05, 0) is 18.5 Å². The molecule has 2 aromatic rings. The van der Waals surface area contributed by atoms with Gasteiger partial charge in [0.1, 0.15) is 0 Å². The quantitative estimate of drug-likeness (QED) is 0.882. The molecule has 0 saturated carbocycles. The molecule has 1 saturated heterocycles.